The molecule has 4 heteroatoms. The van der Waals surface area contributed by atoms with Crippen molar-refractivity contribution in [1.82, 2.24) is 9.55 Å². The number of methoxy groups -OCH3 is 1. The van der Waals surface area contributed by atoms with E-state index in [2.05, 4.69) is 4.98 Å². The SMILES string of the molecule is COc1cc(-c2nccn2C)cc(F)c1C(C)C. The second kappa shape index (κ2) is 4.80. The van der Waals surface area contributed by atoms with Crippen LogP contribution in [0.4, 0.5) is 4.39 Å². The molecule has 0 unspecified atom stereocenters. The van der Waals surface area contributed by atoms with Gasteiger partial charge < -0.3 is 9.30 Å². The molecule has 0 aliphatic heterocycles. The van der Waals surface area contributed by atoms with Gasteiger partial charge in [-0.15, -0.1) is 0 Å². The second-order valence-corrected chi connectivity index (χ2v) is 4.59. The maximum Gasteiger partial charge on any atom is 0.139 e. The molecule has 0 N–H and O–H groups in total. The molecule has 0 spiro atoms. The number of aromatic nitrogens is 2. The van der Waals surface area contributed by atoms with Gasteiger partial charge in [0.25, 0.3) is 0 Å². The largest absolute Gasteiger partial charge is 0.496 e. The lowest BCUT2D eigenvalue weighted by molar-refractivity contribution is 0.402. The summed E-state index contributed by atoms with van der Waals surface area (Å²) in [6, 6.07) is 3.35. The van der Waals surface area contributed by atoms with Gasteiger partial charge in [-0.3, -0.25) is 0 Å². The lowest BCUT2D eigenvalue weighted by atomic mass is 9.99. The molecule has 96 valence electrons. The van der Waals surface area contributed by atoms with Gasteiger partial charge in [-0.2, -0.15) is 0 Å². The number of aryl methyl sites for hydroxylation is 1. The van der Waals surface area contributed by atoms with Crippen molar-refractivity contribution < 1.29 is 9.13 Å². The van der Waals surface area contributed by atoms with Gasteiger partial charge in [-0.25, -0.2) is 9.37 Å². The molecule has 0 amide bonds. The first-order chi connectivity index (χ1) is 8.54. The topological polar surface area (TPSA) is 27.1 Å². The highest BCUT2D eigenvalue weighted by Gasteiger charge is 2.16. The molecule has 0 saturated carbocycles. The van der Waals surface area contributed by atoms with Crippen LogP contribution in [-0.2, 0) is 7.05 Å². The summed E-state index contributed by atoms with van der Waals surface area (Å²) < 4.78 is 21.3. The molecule has 1 heterocycles. The summed E-state index contributed by atoms with van der Waals surface area (Å²) in [5, 5.41) is 0. The van der Waals surface area contributed by atoms with E-state index < -0.39 is 0 Å². The van der Waals surface area contributed by atoms with Crippen LogP contribution >= 0.6 is 0 Å². The van der Waals surface area contributed by atoms with E-state index in [4.69, 9.17) is 4.74 Å². The van der Waals surface area contributed by atoms with E-state index in [0.717, 1.165) is 11.4 Å². The molecule has 1 aromatic carbocycles. The maximum atomic E-state index is 14.2. The Morgan fingerprint density at radius 2 is 2.06 bits per heavy atom. The van der Waals surface area contributed by atoms with Crippen molar-refractivity contribution in [2.45, 2.75) is 19.8 Å². The fourth-order valence-corrected chi connectivity index (χ4v) is 2.09. The van der Waals surface area contributed by atoms with Crippen LogP contribution < -0.4 is 4.74 Å². The number of nitrogens with zero attached hydrogens (tertiary/aromatic N) is 2. The first-order valence-electron chi connectivity index (χ1n) is 5.89. The van der Waals surface area contributed by atoms with E-state index in [1.807, 2.05) is 37.7 Å². The molecule has 2 aromatic rings. The van der Waals surface area contributed by atoms with Crippen LogP contribution in [0.3, 0.4) is 0 Å². The maximum absolute atomic E-state index is 14.2. The Hall–Kier alpha value is -1.84. The summed E-state index contributed by atoms with van der Waals surface area (Å²) in [5.41, 5.74) is 1.33. The molecule has 18 heavy (non-hydrogen) atoms. The third-order valence-corrected chi connectivity index (χ3v) is 2.97. The van der Waals surface area contributed by atoms with Crippen molar-refractivity contribution in [3.8, 4) is 17.1 Å². The van der Waals surface area contributed by atoms with Crippen LogP contribution in [0.5, 0.6) is 5.75 Å². The average Bonchev–Trinajstić information content (AvgIpc) is 2.73. The first-order valence-corrected chi connectivity index (χ1v) is 5.89. The fraction of sp³-hybridized carbons (Fsp3) is 0.357. The Kier molecular flexibility index (Phi) is 3.36. The number of hydrogen-bond donors (Lipinski definition) is 0. The zero-order chi connectivity index (χ0) is 13.3. The lowest BCUT2D eigenvalue weighted by Gasteiger charge is -2.14. The highest BCUT2D eigenvalue weighted by atomic mass is 19.1. The van der Waals surface area contributed by atoms with Crippen molar-refractivity contribution in [1.29, 1.82) is 0 Å². The predicted molar refractivity (Wildman–Crippen MR) is 69.2 cm³/mol. The molecule has 0 atom stereocenters. The summed E-state index contributed by atoms with van der Waals surface area (Å²) in [6.07, 6.45) is 3.52. The third-order valence-electron chi connectivity index (χ3n) is 2.97. The monoisotopic (exact) mass is 248 g/mol. The van der Waals surface area contributed by atoms with Crippen LogP contribution in [0, 0.1) is 5.82 Å². The predicted octanol–water partition coefficient (Wildman–Crippen LogP) is 3.36. The van der Waals surface area contributed by atoms with E-state index >= 15 is 0 Å². The Morgan fingerprint density at radius 1 is 1.33 bits per heavy atom. The molecule has 0 bridgehead atoms. The lowest BCUT2D eigenvalue weighted by Crippen LogP contribution is -2.00. The Bertz CT molecular complexity index is 561. The molecule has 2 rings (SSSR count). The van der Waals surface area contributed by atoms with Crippen molar-refractivity contribution in [2.75, 3.05) is 7.11 Å². The van der Waals surface area contributed by atoms with E-state index in [1.165, 1.54) is 6.07 Å². The summed E-state index contributed by atoms with van der Waals surface area (Å²) in [6.45, 7) is 3.89. The van der Waals surface area contributed by atoms with Gasteiger partial charge in [0.05, 0.1) is 7.11 Å². The number of hydrogen-bond acceptors (Lipinski definition) is 2. The van der Waals surface area contributed by atoms with Crippen LogP contribution in [0.25, 0.3) is 11.4 Å². The van der Waals surface area contributed by atoms with Gasteiger partial charge in [-0.1, -0.05) is 13.8 Å². The van der Waals surface area contributed by atoms with E-state index in [1.54, 1.807) is 13.3 Å². The molecule has 0 aliphatic carbocycles. The number of ether oxygens (including phenoxy) is 1. The van der Waals surface area contributed by atoms with E-state index in [9.17, 15) is 4.39 Å². The number of benzene rings is 1. The van der Waals surface area contributed by atoms with Gasteiger partial charge in [0.1, 0.15) is 17.4 Å². The van der Waals surface area contributed by atoms with Crippen LogP contribution in [0.15, 0.2) is 24.5 Å². The van der Waals surface area contributed by atoms with Gasteiger partial charge in [0.15, 0.2) is 0 Å². The van der Waals surface area contributed by atoms with Gasteiger partial charge in [0, 0.05) is 30.6 Å². The van der Waals surface area contributed by atoms with Crippen LogP contribution in [-0.4, -0.2) is 16.7 Å². The summed E-state index contributed by atoms with van der Waals surface area (Å²) in [4.78, 5) is 4.22. The average molecular weight is 248 g/mol. The smallest absolute Gasteiger partial charge is 0.139 e. The number of halogens is 1. The summed E-state index contributed by atoms with van der Waals surface area (Å²) >= 11 is 0. The van der Waals surface area contributed by atoms with Crippen LogP contribution in [0.2, 0.25) is 0 Å². The summed E-state index contributed by atoms with van der Waals surface area (Å²) in [5.74, 6) is 1.13. The normalized spacial score (nSPS) is 11.0. The van der Waals surface area contributed by atoms with Crippen LogP contribution in [0.1, 0.15) is 25.3 Å². The molecule has 0 radical (unpaired) electrons. The molecular weight excluding hydrogens is 231 g/mol. The Morgan fingerprint density at radius 3 is 2.56 bits per heavy atom. The minimum atomic E-state index is -0.248. The zero-order valence-corrected chi connectivity index (χ0v) is 11.1. The fourth-order valence-electron chi connectivity index (χ4n) is 2.09. The number of rotatable bonds is 3. The van der Waals surface area contributed by atoms with Crippen molar-refractivity contribution in [3.63, 3.8) is 0 Å². The Labute approximate surface area is 106 Å². The van der Waals surface area contributed by atoms with Crippen molar-refractivity contribution in [2.24, 2.45) is 7.05 Å². The second-order valence-electron chi connectivity index (χ2n) is 4.59. The van der Waals surface area contributed by atoms with Crippen molar-refractivity contribution >= 4 is 0 Å². The van der Waals surface area contributed by atoms with Gasteiger partial charge >= 0.3 is 0 Å². The third kappa shape index (κ3) is 2.10. The minimum absolute atomic E-state index is 0.0790. The van der Waals surface area contributed by atoms with E-state index in [0.29, 0.717) is 11.3 Å². The molecule has 0 fully saturated rings. The molecule has 0 aliphatic rings. The van der Waals surface area contributed by atoms with Crippen molar-refractivity contribution in [3.05, 3.63) is 35.9 Å². The minimum Gasteiger partial charge on any atom is -0.496 e. The van der Waals surface area contributed by atoms with Gasteiger partial charge in [0.2, 0.25) is 0 Å². The highest BCUT2D eigenvalue weighted by Crippen LogP contribution is 2.33. The highest BCUT2D eigenvalue weighted by molar-refractivity contribution is 5.60. The number of imidazole rings is 1. The van der Waals surface area contributed by atoms with E-state index in [-0.39, 0.29) is 11.7 Å². The molecule has 0 saturated heterocycles. The molecular formula is C14H17FN2O. The quantitative estimate of drug-likeness (QED) is 0.832. The molecule has 1 aromatic heterocycles. The first kappa shape index (κ1) is 12.6. The summed E-state index contributed by atoms with van der Waals surface area (Å²) in [7, 11) is 3.44. The standard InChI is InChI=1S/C14H17FN2O/c1-9(2)13-11(15)7-10(8-12(13)18-4)14-16-5-6-17(14)3/h5-9H,1-4H3. The van der Waals surface area contributed by atoms with Gasteiger partial charge in [-0.05, 0) is 18.1 Å². The molecule has 3 nitrogen and oxygen atoms in total. The zero-order valence-electron chi connectivity index (χ0n) is 11.1. The Balaban J connectivity index is 2.60.